The summed E-state index contributed by atoms with van der Waals surface area (Å²) in [4.78, 5) is 15.1. The molecule has 0 saturated heterocycles. The van der Waals surface area contributed by atoms with Gasteiger partial charge in [0.2, 0.25) is 0 Å². The van der Waals surface area contributed by atoms with Crippen LogP contribution in [0.1, 0.15) is 41.9 Å². The molecule has 0 bridgehead atoms. The molecule has 0 aliphatic heterocycles. The first-order valence-electron chi connectivity index (χ1n) is 5.75. The number of fused-ring (bicyclic) bond motifs is 1. The largest absolute Gasteiger partial charge is 0.298 e. The molecule has 0 aromatic carbocycles. The molecule has 2 rings (SSSR count). The summed E-state index contributed by atoms with van der Waals surface area (Å²) in [5.41, 5.74) is 2.80. The number of aromatic nitrogens is 1. The monoisotopic (exact) mass is 237 g/mol. The van der Waals surface area contributed by atoms with Crippen molar-refractivity contribution in [3.63, 3.8) is 0 Å². The molecule has 0 saturated carbocycles. The Morgan fingerprint density at radius 1 is 1.56 bits per heavy atom. The predicted molar refractivity (Wildman–Crippen MR) is 65.0 cm³/mol. The van der Waals surface area contributed by atoms with E-state index in [0.29, 0.717) is 22.6 Å². The van der Waals surface area contributed by atoms with Crippen molar-refractivity contribution in [1.29, 1.82) is 0 Å². The second-order valence-electron chi connectivity index (χ2n) is 4.84. The number of nitrogens with zero attached hydrogens (tertiary/aromatic N) is 1. The van der Waals surface area contributed by atoms with Gasteiger partial charge in [0.25, 0.3) is 0 Å². The van der Waals surface area contributed by atoms with E-state index in [4.69, 9.17) is 11.6 Å². The van der Waals surface area contributed by atoms with Gasteiger partial charge in [0.15, 0.2) is 6.29 Å². The Kier molecular flexibility index (Phi) is 3.29. The molecule has 0 fully saturated rings. The van der Waals surface area contributed by atoms with Gasteiger partial charge in [-0.05, 0) is 42.7 Å². The highest BCUT2D eigenvalue weighted by molar-refractivity contribution is 6.31. The van der Waals surface area contributed by atoms with Gasteiger partial charge in [-0.3, -0.25) is 4.79 Å². The molecule has 1 aliphatic rings. The fourth-order valence-corrected chi connectivity index (χ4v) is 2.54. The standard InChI is InChI=1S/C13H16ClNO/c1-8(2)9-3-4-12-10(5-9)6-11(7-16)13(14)15-12/h6-9H,3-5H2,1-2H3. The summed E-state index contributed by atoms with van der Waals surface area (Å²) in [7, 11) is 0. The van der Waals surface area contributed by atoms with Crippen LogP contribution in [0.15, 0.2) is 6.07 Å². The highest BCUT2D eigenvalue weighted by Gasteiger charge is 2.23. The molecular weight excluding hydrogens is 222 g/mol. The van der Waals surface area contributed by atoms with Crippen LogP contribution in [-0.2, 0) is 12.8 Å². The smallest absolute Gasteiger partial charge is 0.153 e. The van der Waals surface area contributed by atoms with Crippen molar-refractivity contribution in [2.45, 2.75) is 33.1 Å². The molecular formula is C13H16ClNO. The Bertz CT molecular complexity index is 415. The zero-order valence-corrected chi connectivity index (χ0v) is 10.4. The van der Waals surface area contributed by atoms with E-state index < -0.39 is 0 Å². The summed E-state index contributed by atoms with van der Waals surface area (Å²) < 4.78 is 0. The quantitative estimate of drug-likeness (QED) is 0.584. The van der Waals surface area contributed by atoms with Crippen LogP contribution in [0.2, 0.25) is 5.15 Å². The number of hydrogen-bond donors (Lipinski definition) is 0. The van der Waals surface area contributed by atoms with Gasteiger partial charge in [-0.25, -0.2) is 4.98 Å². The van der Waals surface area contributed by atoms with E-state index in [0.717, 1.165) is 24.8 Å². The van der Waals surface area contributed by atoms with Crippen LogP contribution in [0.4, 0.5) is 0 Å². The van der Waals surface area contributed by atoms with Crippen LogP contribution in [0.25, 0.3) is 0 Å². The van der Waals surface area contributed by atoms with E-state index in [1.807, 2.05) is 6.07 Å². The lowest BCUT2D eigenvalue weighted by Crippen LogP contribution is -2.20. The Balaban J connectivity index is 2.34. The van der Waals surface area contributed by atoms with E-state index >= 15 is 0 Å². The van der Waals surface area contributed by atoms with Gasteiger partial charge in [-0.2, -0.15) is 0 Å². The number of pyridine rings is 1. The van der Waals surface area contributed by atoms with E-state index in [2.05, 4.69) is 18.8 Å². The average molecular weight is 238 g/mol. The van der Waals surface area contributed by atoms with Crippen molar-refractivity contribution in [2.24, 2.45) is 11.8 Å². The molecule has 0 spiro atoms. The molecule has 1 unspecified atom stereocenters. The fraction of sp³-hybridized carbons (Fsp3) is 0.538. The van der Waals surface area contributed by atoms with Crippen molar-refractivity contribution in [3.05, 3.63) is 28.0 Å². The maximum Gasteiger partial charge on any atom is 0.153 e. The molecule has 1 atom stereocenters. The van der Waals surface area contributed by atoms with Gasteiger partial charge in [0, 0.05) is 5.69 Å². The lowest BCUT2D eigenvalue weighted by atomic mass is 9.80. The normalized spacial score (nSPS) is 19.6. The van der Waals surface area contributed by atoms with Gasteiger partial charge in [0.05, 0.1) is 5.56 Å². The minimum absolute atomic E-state index is 0.344. The molecule has 0 radical (unpaired) electrons. The summed E-state index contributed by atoms with van der Waals surface area (Å²) in [6.07, 6.45) is 3.97. The van der Waals surface area contributed by atoms with Gasteiger partial charge in [-0.15, -0.1) is 0 Å². The van der Waals surface area contributed by atoms with Gasteiger partial charge < -0.3 is 0 Å². The Morgan fingerprint density at radius 3 is 2.94 bits per heavy atom. The molecule has 86 valence electrons. The van der Waals surface area contributed by atoms with Crippen LogP contribution in [0.3, 0.4) is 0 Å². The Labute approximate surface area is 101 Å². The summed E-state index contributed by atoms with van der Waals surface area (Å²) in [6.45, 7) is 4.50. The van der Waals surface area contributed by atoms with Crippen molar-refractivity contribution in [1.82, 2.24) is 4.98 Å². The van der Waals surface area contributed by atoms with Crippen LogP contribution in [0, 0.1) is 11.8 Å². The van der Waals surface area contributed by atoms with Crippen LogP contribution >= 0.6 is 11.6 Å². The average Bonchev–Trinajstić information content (AvgIpc) is 2.27. The lowest BCUT2D eigenvalue weighted by molar-refractivity contribution is 0.112. The number of hydrogen-bond acceptors (Lipinski definition) is 2. The van der Waals surface area contributed by atoms with E-state index in [1.165, 1.54) is 12.0 Å². The maximum absolute atomic E-state index is 10.8. The van der Waals surface area contributed by atoms with Crippen LogP contribution in [0.5, 0.6) is 0 Å². The number of halogens is 1. The highest BCUT2D eigenvalue weighted by atomic mass is 35.5. The minimum atomic E-state index is 0.344. The van der Waals surface area contributed by atoms with E-state index in [1.54, 1.807) is 0 Å². The van der Waals surface area contributed by atoms with Crippen molar-refractivity contribution in [3.8, 4) is 0 Å². The van der Waals surface area contributed by atoms with Gasteiger partial charge in [0.1, 0.15) is 5.15 Å². The zero-order valence-electron chi connectivity index (χ0n) is 9.66. The maximum atomic E-state index is 10.8. The molecule has 16 heavy (non-hydrogen) atoms. The number of carbonyl (C=O) groups is 1. The number of carbonyl (C=O) groups excluding carboxylic acids is 1. The number of rotatable bonds is 2. The number of aldehydes is 1. The Morgan fingerprint density at radius 2 is 2.31 bits per heavy atom. The summed E-state index contributed by atoms with van der Waals surface area (Å²) in [5.74, 6) is 1.39. The first-order valence-corrected chi connectivity index (χ1v) is 6.13. The molecule has 1 aliphatic carbocycles. The molecule has 1 aromatic heterocycles. The summed E-state index contributed by atoms with van der Waals surface area (Å²) in [6, 6.07) is 1.91. The second-order valence-corrected chi connectivity index (χ2v) is 5.20. The van der Waals surface area contributed by atoms with E-state index in [-0.39, 0.29) is 0 Å². The summed E-state index contributed by atoms with van der Waals surface area (Å²) in [5, 5.41) is 0.344. The third kappa shape index (κ3) is 2.12. The van der Waals surface area contributed by atoms with Crippen molar-refractivity contribution < 1.29 is 4.79 Å². The fourth-order valence-electron chi connectivity index (χ4n) is 2.34. The molecule has 1 aromatic rings. The van der Waals surface area contributed by atoms with Gasteiger partial charge >= 0.3 is 0 Å². The highest BCUT2D eigenvalue weighted by Crippen LogP contribution is 2.30. The van der Waals surface area contributed by atoms with Crippen LogP contribution < -0.4 is 0 Å². The number of aryl methyl sites for hydroxylation is 1. The second kappa shape index (κ2) is 4.54. The molecule has 0 N–H and O–H groups in total. The predicted octanol–water partition coefficient (Wildman–Crippen LogP) is 3.31. The molecule has 1 heterocycles. The third-order valence-corrected chi connectivity index (χ3v) is 3.78. The molecule has 0 amide bonds. The van der Waals surface area contributed by atoms with Gasteiger partial charge in [-0.1, -0.05) is 25.4 Å². The van der Waals surface area contributed by atoms with Crippen molar-refractivity contribution in [2.75, 3.05) is 0 Å². The molecule has 2 nitrogen and oxygen atoms in total. The minimum Gasteiger partial charge on any atom is -0.298 e. The Hall–Kier alpha value is -0.890. The SMILES string of the molecule is CC(C)C1CCc2nc(Cl)c(C=O)cc2C1. The lowest BCUT2D eigenvalue weighted by Gasteiger charge is -2.27. The van der Waals surface area contributed by atoms with Crippen LogP contribution in [-0.4, -0.2) is 11.3 Å². The first-order chi connectivity index (χ1) is 7.61. The third-order valence-electron chi connectivity index (χ3n) is 3.48. The topological polar surface area (TPSA) is 30.0 Å². The van der Waals surface area contributed by atoms with E-state index in [9.17, 15) is 4.79 Å². The zero-order chi connectivity index (χ0) is 11.7. The molecule has 3 heteroatoms. The summed E-state index contributed by atoms with van der Waals surface area (Å²) >= 11 is 5.92. The first kappa shape index (κ1) is 11.6. The van der Waals surface area contributed by atoms with Crippen molar-refractivity contribution >= 4 is 17.9 Å².